The molecule has 0 unspecified atom stereocenters. The lowest BCUT2D eigenvalue weighted by Gasteiger charge is -2.28. The highest BCUT2D eigenvalue weighted by Gasteiger charge is 2.31. The largest absolute Gasteiger partial charge is 0.497 e. The predicted octanol–water partition coefficient (Wildman–Crippen LogP) is 2.97. The smallest absolute Gasteiger partial charge is 0.319 e. The highest BCUT2D eigenvalue weighted by atomic mass is 16.5. The van der Waals surface area contributed by atoms with Gasteiger partial charge in [-0.1, -0.05) is 12.1 Å². The second kappa shape index (κ2) is 7.82. The molecule has 0 fully saturated rings. The van der Waals surface area contributed by atoms with E-state index in [-0.39, 0.29) is 11.9 Å². The van der Waals surface area contributed by atoms with Gasteiger partial charge in [0.2, 0.25) is 0 Å². The normalized spacial score (nSPS) is 16.3. The minimum Gasteiger partial charge on any atom is -0.497 e. The molecule has 3 rings (SSSR count). The summed E-state index contributed by atoms with van der Waals surface area (Å²) >= 11 is 0. The lowest BCUT2D eigenvalue weighted by atomic mass is 9.94. The molecule has 0 bridgehead atoms. The van der Waals surface area contributed by atoms with Crippen molar-refractivity contribution in [3.8, 4) is 11.5 Å². The maximum absolute atomic E-state index is 12.9. The molecule has 0 saturated heterocycles. The van der Waals surface area contributed by atoms with Crippen LogP contribution in [0.3, 0.4) is 0 Å². The number of nitrogens with one attached hydrogen (secondary N) is 3. The number of carbonyl (C=O) groups is 2. The number of rotatable bonds is 5. The van der Waals surface area contributed by atoms with Crippen molar-refractivity contribution in [2.24, 2.45) is 0 Å². The summed E-state index contributed by atoms with van der Waals surface area (Å²) in [4.78, 5) is 24.9. The van der Waals surface area contributed by atoms with Crippen molar-refractivity contribution in [3.63, 3.8) is 0 Å². The number of benzene rings is 2. The number of allylic oxidation sites excluding steroid dienone is 1. The first-order valence-electron chi connectivity index (χ1n) is 8.39. The van der Waals surface area contributed by atoms with E-state index in [4.69, 9.17) is 9.47 Å². The Morgan fingerprint density at radius 2 is 1.52 bits per heavy atom. The zero-order chi connectivity index (χ0) is 19.4. The summed E-state index contributed by atoms with van der Waals surface area (Å²) < 4.78 is 10.3. The minimum absolute atomic E-state index is 0.300. The number of hydrogen-bond acceptors (Lipinski definition) is 4. The number of ether oxygens (including phenoxy) is 2. The van der Waals surface area contributed by atoms with Gasteiger partial charge in [0.15, 0.2) is 0 Å². The highest BCUT2D eigenvalue weighted by molar-refractivity contribution is 6.06. The van der Waals surface area contributed by atoms with E-state index >= 15 is 0 Å². The molecule has 1 heterocycles. The summed E-state index contributed by atoms with van der Waals surface area (Å²) in [6.07, 6.45) is 0. The third-order valence-corrected chi connectivity index (χ3v) is 4.31. The molecule has 140 valence electrons. The van der Waals surface area contributed by atoms with Crippen LogP contribution in [0.5, 0.6) is 11.5 Å². The highest BCUT2D eigenvalue weighted by Crippen LogP contribution is 2.29. The van der Waals surface area contributed by atoms with Gasteiger partial charge >= 0.3 is 6.03 Å². The van der Waals surface area contributed by atoms with Crippen LogP contribution in [0.4, 0.5) is 10.5 Å². The van der Waals surface area contributed by atoms with Gasteiger partial charge in [-0.3, -0.25) is 4.79 Å². The molecule has 1 atom stereocenters. The van der Waals surface area contributed by atoms with Gasteiger partial charge in [0.1, 0.15) is 11.5 Å². The lowest BCUT2D eigenvalue weighted by Crippen LogP contribution is -2.45. The van der Waals surface area contributed by atoms with Gasteiger partial charge in [0, 0.05) is 11.4 Å². The Morgan fingerprint density at radius 3 is 2.07 bits per heavy atom. The van der Waals surface area contributed by atoms with E-state index < -0.39 is 6.04 Å². The fraction of sp³-hybridized carbons (Fsp3) is 0.200. The fourth-order valence-electron chi connectivity index (χ4n) is 2.91. The summed E-state index contributed by atoms with van der Waals surface area (Å²) in [7, 11) is 3.16. The summed E-state index contributed by atoms with van der Waals surface area (Å²) in [5, 5.41) is 8.33. The van der Waals surface area contributed by atoms with Crippen LogP contribution >= 0.6 is 0 Å². The monoisotopic (exact) mass is 367 g/mol. The lowest BCUT2D eigenvalue weighted by molar-refractivity contribution is -0.113. The van der Waals surface area contributed by atoms with E-state index in [0.29, 0.717) is 28.5 Å². The molecule has 0 radical (unpaired) electrons. The van der Waals surface area contributed by atoms with Crippen molar-refractivity contribution in [2.45, 2.75) is 13.0 Å². The van der Waals surface area contributed by atoms with E-state index in [1.165, 1.54) is 0 Å². The average molecular weight is 367 g/mol. The average Bonchev–Trinajstić information content (AvgIpc) is 2.68. The summed E-state index contributed by atoms with van der Waals surface area (Å²) in [6, 6.07) is 13.3. The van der Waals surface area contributed by atoms with Crippen LogP contribution in [0, 0.1) is 0 Å². The molecule has 0 aromatic heterocycles. The molecule has 2 aromatic rings. The van der Waals surface area contributed by atoms with E-state index in [0.717, 1.165) is 5.56 Å². The Bertz CT molecular complexity index is 873. The van der Waals surface area contributed by atoms with E-state index in [1.807, 2.05) is 12.1 Å². The van der Waals surface area contributed by atoms with Crippen LogP contribution in [0.15, 0.2) is 59.8 Å². The number of hydrogen-bond donors (Lipinski definition) is 3. The van der Waals surface area contributed by atoms with E-state index in [1.54, 1.807) is 57.5 Å². The first-order chi connectivity index (χ1) is 13.0. The number of anilines is 1. The number of urea groups is 1. The van der Waals surface area contributed by atoms with Crippen LogP contribution in [0.1, 0.15) is 18.5 Å². The van der Waals surface area contributed by atoms with Crippen LogP contribution in [0.25, 0.3) is 0 Å². The third kappa shape index (κ3) is 4.03. The second-order valence-electron chi connectivity index (χ2n) is 6.03. The molecule has 0 spiro atoms. The molecular formula is C20H21N3O4. The molecule has 3 N–H and O–H groups in total. The van der Waals surface area contributed by atoms with Crippen molar-refractivity contribution >= 4 is 17.6 Å². The van der Waals surface area contributed by atoms with Gasteiger partial charge in [-0.05, 0) is 48.9 Å². The van der Waals surface area contributed by atoms with Gasteiger partial charge in [-0.15, -0.1) is 0 Å². The molecule has 27 heavy (non-hydrogen) atoms. The van der Waals surface area contributed by atoms with Crippen molar-refractivity contribution in [2.75, 3.05) is 19.5 Å². The molecule has 3 amide bonds. The zero-order valence-corrected chi connectivity index (χ0v) is 15.3. The Morgan fingerprint density at radius 1 is 0.963 bits per heavy atom. The van der Waals surface area contributed by atoms with E-state index in [9.17, 15) is 9.59 Å². The maximum atomic E-state index is 12.9. The molecule has 7 heteroatoms. The Labute approximate surface area is 157 Å². The zero-order valence-electron chi connectivity index (χ0n) is 15.3. The quantitative estimate of drug-likeness (QED) is 0.758. The van der Waals surface area contributed by atoms with Crippen molar-refractivity contribution in [3.05, 3.63) is 65.4 Å². The minimum atomic E-state index is -0.567. The van der Waals surface area contributed by atoms with Gasteiger partial charge < -0.3 is 25.4 Å². The summed E-state index contributed by atoms with van der Waals surface area (Å²) in [6.45, 7) is 1.71. The number of carbonyl (C=O) groups excluding carboxylic acids is 2. The molecule has 0 aliphatic carbocycles. The Hall–Kier alpha value is -3.48. The Balaban J connectivity index is 1.88. The number of amides is 3. The van der Waals surface area contributed by atoms with Crippen LogP contribution < -0.4 is 25.4 Å². The van der Waals surface area contributed by atoms with Gasteiger partial charge in [-0.25, -0.2) is 4.79 Å². The van der Waals surface area contributed by atoms with Crippen LogP contribution in [-0.4, -0.2) is 26.2 Å². The fourth-order valence-corrected chi connectivity index (χ4v) is 2.91. The van der Waals surface area contributed by atoms with Gasteiger partial charge in [0.25, 0.3) is 5.91 Å². The standard InChI is InChI=1S/C20H21N3O4/c1-12-17(19(24)22-14-6-10-16(27-3)11-7-14)18(23-20(25)21-12)13-4-8-15(26-2)9-5-13/h4-11,18H,1-3H3,(H,22,24)(H2,21,23,25)/t18-/m1/s1. The van der Waals surface area contributed by atoms with E-state index in [2.05, 4.69) is 16.0 Å². The first kappa shape index (κ1) is 18.3. The van der Waals surface area contributed by atoms with Gasteiger partial charge in [0.05, 0.1) is 25.8 Å². The number of methoxy groups -OCH3 is 2. The molecule has 1 aliphatic heterocycles. The maximum Gasteiger partial charge on any atom is 0.319 e. The Kier molecular flexibility index (Phi) is 5.30. The molecule has 1 aliphatic rings. The second-order valence-corrected chi connectivity index (χ2v) is 6.03. The van der Waals surface area contributed by atoms with Crippen molar-refractivity contribution < 1.29 is 19.1 Å². The molecular weight excluding hydrogens is 346 g/mol. The first-order valence-corrected chi connectivity index (χ1v) is 8.39. The topological polar surface area (TPSA) is 88.7 Å². The summed E-state index contributed by atoms with van der Waals surface area (Å²) in [5.41, 5.74) is 2.36. The van der Waals surface area contributed by atoms with Crippen molar-refractivity contribution in [1.82, 2.24) is 10.6 Å². The summed E-state index contributed by atoms with van der Waals surface area (Å²) in [5.74, 6) is 1.10. The SMILES string of the molecule is COc1ccc(NC(=O)C2=C(C)NC(=O)N[C@@H]2c2ccc(OC)cc2)cc1. The predicted molar refractivity (Wildman–Crippen MR) is 102 cm³/mol. The molecule has 7 nitrogen and oxygen atoms in total. The van der Waals surface area contributed by atoms with Gasteiger partial charge in [-0.2, -0.15) is 0 Å². The third-order valence-electron chi connectivity index (χ3n) is 4.31. The van der Waals surface area contributed by atoms with Crippen molar-refractivity contribution in [1.29, 1.82) is 0 Å². The van der Waals surface area contributed by atoms with Crippen LogP contribution in [0.2, 0.25) is 0 Å². The molecule has 2 aromatic carbocycles. The molecule has 0 saturated carbocycles. The van der Waals surface area contributed by atoms with Crippen LogP contribution in [-0.2, 0) is 4.79 Å².